The summed E-state index contributed by atoms with van der Waals surface area (Å²) in [7, 11) is -3.57. The summed E-state index contributed by atoms with van der Waals surface area (Å²) in [6.45, 7) is 3.44. The predicted octanol–water partition coefficient (Wildman–Crippen LogP) is 2.22. The van der Waals surface area contributed by atoms with E-state index in [-0.39, 0.29) is 19.2 Å². The van der Waals surface area contributed by atoms with Gasteiger partial charge < -0.3 is 14.2 Å². The van der Waals surface area contributed by atoms with Gasteiger partial charge in [0.1, 0.15) is 6.07 Å². The molecule has 0 fully saturated rings. The highest BCUT2D eigenvalue weighted by Gasteiger charge is 2.20. The Morgan fingerprint density at radius 3 is 2.67 bits per heavy atom. The molecule has 0 aromatic carbocycles. The second kappa shape index (κ2) is 9.09. The number of carbonyl (C=O) groups excluding carboxylic acids is 1. The van der Waals surface area contributed by atoms with Crippen LogP contribution in [0.25, 0.3) is 0 Å². The van der Waals surface area contributed by atoms with Gasteiger partial charge in [0.25, 0.3) is 0 Å². The lowest BCUT2D eigenvalue weighted by Crippen LogP contribution is -2.14. The largest absolute Gasteiger partial charge is 0.447 e. The summed E-state index contributed by atoms with van der Waals surface area (Å²) in [5.74, 6) is -0.534. The SMILES string of the molecule is CCCCOP(=O)(O)CCCC(C#N)OC(C)=O. The maximum absolute atomic E-state index is 11.5. The predicted molar refractivity (Wildman–Crippen MR) is 66.0 cm³/mol. The molecule has 0 spiro atoms. The number of unbranched alkanes of at least 4 members (excludes halogenated alkanes) is 1. The molecule has 0 heterocycles. The third-order valence-electron chi connectivity index (χ3n) is 2.15. The Morgan fingerprint density at radius 2 is 2.17 bits per heavy atom. The molecule has 2 unspecified atom stereocenters. The first-order valence-electron chi connectivity index (χ1n) is 5.94. The Labute approximate surface area is 107 Å². The molecular formula is C11H20NO5P. The van der Waals surface area contributed by atoms with E-state index >= 15 is 0 Å². The lowest BCUT2D eigenvalue weighted by atomic mass is 10.2. The summed E-state index contributed by atoms with van der Waals surface area (Å²) < 4.78 is 21.1. The van der Waals surface area contributed by atoms with Gasteiger partial charge in [0, 0.05) is 6.92 Å². The average Bonchev–Trinajstić information content (AvgIpc) is 2.27. The molecule has 0 saturated heterocycles. The van der Waals surface area contributed by atoms with Crippen LogP contribution in [0.3, 0.4) is 0 Å². The molecule has 0 radical (unpaired) electrons. The van der Waals surface area contributed by atoms with Crippen molar-refractivity contribution in [3.05, 3.63) is 0 Å². The van der Waals surface area contributed by atoms with Gasteiger partial charge in [-0.25, -0.2) is 0 Å². The van der Waals surface area contributed by atoms with Crippen molar-refractivity contribution in [1.82, 2.24) is 0 Å². The number of hydrogen-bond donors (Lipinski definition) is 1. The van der Waals surface area contributed by atoms with Crippen molar-refractivity contribution in [2.24, 2.45) is 0 Å². The summed E-state index contributed by atoms with van der Waals surface area (Å²) in [4.78, 5) is 20.1. The fraction of sp³-hybridized carbons (Fsp3) is 0.818. The quantitative estimate of drug-likeness (QED) is 0.394. The third kappa shape index (κ3) is 9.17. The van der Waals surface area contributed by atoms with Crippen molar-refractivity contribution in [2.75, 3.05) is 12.8 Å². The first-order valence-corrected chi connectivity index (χ1v) is 7.70. The molecule has 7 heteroatoms. The van der Waals surface area contributed by atoms with E-state index < -0.39 is 19.7 Å². The van der Waals surface area contributed by atoms with Crippen LogP contribution in [0, 0.1) is 11.3 Å². The van der Waals surface area contributed by atoms with Crippen molar-refractivity contribution in [2.45, 2.75) is 45.6 Å². The first kappa shape index (κ1) is 17.1. The van der Waals surface area contributed by atoms with Crippen molar-refractivity contribution in [3.63, 3.8) is 0 Å². The highest BCUT2D eigenvalue weighted by Crippen LogP contribution is 2.42. The smallest absolute Gasteiger partial charge is 0.328 e. The average molecular weight is 277 g/mol. The van der Waals surface area contributed by atoms with Gasteiger partial charge in [-0.2, -0.15) is 5.26 Å². The molecule has 0 bridgehead atoms. The Morgan fingerprint density at radius 1 is 1.50 bits per heavy atom. The Hall–Kier alpha value is -0.890. The highest BCUT2D eigenvalue weighted by molar-refractivity contribution is 7.52. The minimum Gasteiger partial charge on any atom is -0.447 e. The Balaban J connectivity index is 3.90. The topological polar surface area (TPSA) is 96.6 Å². The lowest BCUT2D eigenvalue weighted by Gasteiger charge is -2.13. The molecule has 0 aromatic rings. The number of hydrogen-bond acceptors (Lipinski definition) is 5. The third-order valence-corrected chi connectivity index (χ3v) is 3.62. The summed E-state index contributed by atoms with van der Waals surface area (Å²) in [5, 5.41) is 8.69. The van der Waals surface area contributed by atoms with Crippen LogP contribution in [0.1, 0.15) is 39.5 Å². The Kier molecular flexibility index (Phi) is 8.65. The van der Waals surface area contributed by atoms with E-state index in [1.807, 2.05) is 13.0 Å². The molecule has 6 nitrogen and oxygen atoms in total. The lowest BCUT2D eigenvalue weighted by molar-refractivity contribution is -0.144. The van der Waals surface area contributed by atoms with Crippen molar-refractivity contribution in [1.29, 1.82) is 5.26 Å². The molecule has 1 N–H and O–H groups in total. The zero-order valence-corrected chi connectivity index (χ0v) is 11.7. The van der Waals surface area contributed by atoms with Crippen LogP contribution in [0.5, 0.6) is 0 Å². The van der Waals surface area contributed by atoms with Gasteiger partial charge in [-0.3, -0.25) is 9.36 Å². The fourth-order valence-electron chi connectivity index (χ4n) is 1.24. The van der Waals surface area contributed by atoms with E-state index in [9.17, 15) is 14.3 Å². The zero-order chi connectivity index (χ0) is 14.0. The van der Waals surface area contributed by atoms with E-state index in [1.165, 1.54) is 6.92 Å². The molecular weight excluding hydrogens is 257 g/mol. The van der Waals surface area contributed by atoms with Crippen LogP contribution in [0.15, 0.2) is 0 Å². The number of nitrogens with zero attached hydrogens (tertiary/aromatic N) is 1. The Bertz CT molecular complexity index is 339. The van der Waals surface area contributed by atoms with E-state index in [4.69, 9.17) is 14.5 Å². The number of nitriles is 1. The molecule has 0 rings (SSSR count). The van der Waals surface area contributed by atoms with Crippen LogP contribution in [-0.2, 0) is 18.6 Å². The fourth-order valence-corrected chi connectivity index (χ4v) is 2.37. The zero-order valence-electron chi connectivity index (χ0n) is 10.8. The normalized spacial score (nSPS) is 15.4. The van der Waals surface area contributed by atoms with Gasteiger partial charge in [0.2, 0.25) is 0 Å². The second-order valence-corrected chi connectivity index (χ2v) is 5.90. The summed E-state index contributed by atoms with van der Waals surface area (Å²) in [6.07, 6.45) is 1.26. The van der Waals surface area contributed by atoms with Crippen molar-refractivity contribution >= 4 is 13.6 Å². The maximum Gasteiger partial charge on any atom is 0.328 e. The summed E-state index contributed by atoms with van der Waals surface area (Å²) in [5.41, 5.74) is 0. The molecule has 2 atom stereocenters. The second-order valence-electron chi connectivity index (χ2n) is 3.92. The van der Waals surface area contributed by atoms with E-state index in [0.717, 1.165) is 12.8 Å². The number of ether oxygens (including phenoxy) is 1. The molecule has 0 aliphatic carbocycles. The standard InChI is InChI=1S/C11H20NO5P/c1-3-4-7-16-18(14,15)8-5-6-11(9-12)17-10(2)13/h11H,3-8H2,1-2H3,(H,14,15). The number of rotatable bonds is 9. The monoisotopic (exact) mass is 277 g/mol. The molecule has 104 valence electrons. The molecule has 0 aliphatic heterocycles. The number of carbonyl (C=O) groups is 1. The van der Waals surface area contributed by atoms with Crippen molar-refractivity contribution in [3.8, 4) is 6.07 Å². The van der Waals surface area contributed by atoms with Gasteiger partial charge in [0.15, 0.2) is 6.10 Å². The number of esters is 1. The highest BCUT2D eigenvalue weighted by atomic mass is 31.2. The van der Waals surface area contributed by atoms with Crippen LogP contribution in [0.2, 0.25) is 0 Å². The van der Waals surface area contributed by atoms with Gasteiger partial charge in [-0.1, -0.05) is 13.3 Å². The summed E-state index contributed by atoms with van der Waals surface area (Å²) >= 11 is 0. The van der Waals surface area contributed by atoms with Crippen LogP contribution >= 0.6 is 7.60 Å². The van der Waals surface area contributed by atoms with Crippen LogP contribution in [-0.4, -0.2) is 29.7 Å². The molecule has 0 saturated carbocycles. The van der Waals surface area contributed by atoms with E-state index in [1.54, 1.807) is 0 Å². The van der Waals surface area contributed by atoms with E-state index in [0.29, 0.717) is 6.42 Å². The van der Waals surface area contributed by atoms with Gasteiger partial charge in [-0.15, -0.1) is 0 Å². The van der Waals surface area contributed by atoms with Crippen molar-refractivity contribution < 1.29 is 23.5 Å². The van der Waals surface area contributed by atoms with Crippen LogP contribution < -0.4 is 0 Å². The van der Waals surface area contributed by atoms with Crippen LogP contribution in [0.4, 0.5) is 0 Å². The molecule has 0 amide bonds. The van der Waals surface area contributed by atoms with Gasteiger partial charge in [-0.05, 0) is 19.3 Å². The van der Waals surface area contributed by atoms with E-state index in [2.05, 4.69) is 0 Å². The molecule has 0 aliphatic rings. The van der Waals surface area contributed by atoms with Gasteiger partial charge in [0.05, 0.1) is 12.8 Å². The molecule has 18 heavy (non-hydrogen) atoms. The maximum atomic E-state index is 11.5. The first-order chi connectivity index (χ1) is 8.41. The van der Waals surface area contributed by atoms with Gasteiger partial charge >= 0.3 is 13.6 Å². The molecule has 0 aromatic heterocycles. The minimum atomic E-state index is -3.57. The minimum absolute atomic E-state index is 0.0316. The summed E-state index contributed by atoms with van der Waals surface area (Å²) in [6, 6.07) is 1.82.